The van der Waals surface area contributed by atoms with E-state index in [4.69, 9.17) is 4.98 Å². The molecule has 35 heavy (non-hydrogen) atoms. The highest BCUT2D eigenvalue weighted by atomic mass is 15.2. The number of anilines is 1. The Hall–Kier alpha value is -2.14. The molecule has 1 saturated heterocycles. The molecule has 2 N–H and O–H groups in total. The number of hydrogen-bond donors (Lipinski definition) is 2. The van der Waals surface area contributed by atoms with Crippen LogP contribution in [0, 0.1) is 17.2 Å². The van der Waals surface area contributed by atoms with Crippen LogP contribution in [0.5, 0.6) is 0 Å². The molecule has 5 aliphatic rings. The highest BCUT2D eigenvalue weighted by Gasteiger charge is 2.39. The molecule has 1 aromatic heterocycles. The summed E-state index contributed by atoms with van der Waals surface area (Å²) >= 11 is 0. The third-order valence-corrected chi connectivity index (χ3v) is 9.29. The summed E-state index contributed by atoms with van der Waals surface area (Å²) in [6.45, 7) is 7.66. The molecule has 3 heterocycles. The number of nitrogens with one attached hydrogen (secondary N) is 2. The van der Waals surface area contributed by atoms with Crippen molar-refractivity contribution in [2.75, 3.05) is 37.6 Å². The molecule has 0 aromatic carbocycles. The maximum Gasteiger partial charge on any atom is 0.129 e. The Kier molecular flexibility index (Phi) is 6.70. The Bertz CT molecular complexity index is 992. The summed E-state index contributed by atoms with van der Waals surface area (Å²) in [5.74, 6) is 3.26. The summed E-state index contributed by atoms with van der Waals surface area (Å²) in [4.78, 5) is 9.86. The van der Waals surface area contributed by atoms with Gasteiger partial charge in [0, 0.05) is 67.7 Å². The van der Waals surface area contributed by atoms with Crippen LogP contribution in [-0.4, -0.2) is 54.4 Å². The van der Waals surface area contributed by atoms with Crippen molar-refractivity contribution in [2.45, 2.75) is 83.1 Å². The van der Waals surface area contributed by atoms with Crippen molar-refractivity contribution in [3.05, 3.63) is 40.7 Å². The van der Waals surface area contributed by atoms with Crippen LogP contribution in [0.25, 0.3) is 6.08 Å². The van der Waals surface area contributed by atoms with Crippen molar-refractivity contribution in [3.63, 3.8) is 0 Å². The Balaban J connectivity index is 1.25. The molecule has 5 heteroatoms. The number of pyridine rings is 1. The van der Waals surface area contributed by atoms with E-state index in [0.29, 0.717) is 6.04 Å². The van der Waals surface area contributed by atoms with Crippen LogP contribution in [0.2, 0.25) is 0 Å². The van der Waals surface area contributed by atoms with Crippen molar-refractivity contribution in [1.29, 1.82) is 5.41 Å². The molecular weight excluding hydrogens is 430 g/mol. The van der Waals surface area contributed by atoms with Crippen molar-refractivity contribution in [1.82, 2.24) is 15.2 Å². The van der Waals surface area contributed by atoms with E-state index in [1.165, 1.54) is 73.8 Å². The predicted octanol–water partition coefficient (Wildman–Crippen LogP) is 5.74. The predicted molar refractivity (Wildman–Crippen MR) is 145 cm³/mol. The van der Waals surface area contributed by atoms with Crippen molar-refractivity contribution < 1.29 is 0 Å². The lowest BCUT2D eigenvalue weighted by Crippen LogP contribution is -2.41. The molecule has 188 valence electrons. The average Bonchev–Trinajstić information content (AvgIpc) is 3.47. The lowest BCUT2D eigenvalue weighted by atomic mass is 9.81. The zero-order valence-corrected chi connectivity index (χ0v) is 21.6. The zero-order valence-electron chi connectivity index (χ0n) is 21.6. The quantitative estimate of drug-likeness (QED) is 0.496. The fourth-order valence-corrected chi connectivity index (χ4v) is 7.08. The van der Waals surface area contributed by atoms with Gasteiger partial charge in [0.05, 0.1) is 0 Å². The van der Waals surface area contributed by atoms with Gasteiger partial charge in [-0.2, -0.15) is 0 Å². The molecular formula is C30H43N5. The van der Waals surface area contributed by atoms with E-state index in [9.17, 15) is 5.41 Å². The Morgan fingerprint density at radius 2 is 1.91 bits per heavy atom. The van der Waals surface area contributed by atoms with E-state index in [1.54, 1.807) is 0 Å². The van der Waals surface area contributed by atoms with Gasteiger partial charge in [-0.05, 0) is 93.4 Å². The molecule has 1 aromatic rings. The Morgan fingerprint density at radius 1 is 1.11 bits per heavy atom. The van der Waals surface area contributed by atoms with Gasteiger partial charge < -0.3 is 15.6 Å². The standard InChI is InChI=1S/C30H43N5/c1-2-13-34-16-12-28(33-24-10-8-21-17-22(21)9-11-24)27(20-34)30(31)25-7-5-6-23-18-29(32-19-26(23)25)35-14-3-4-15-35/h5-6,18-19,21-22,24-25,31,33H,2-4,7-17,20H2,1H3. The molecule has 0 bridgehead atoms. The minimum Gasteiger partial charge on any atom is -0.385 e. The molecule has 0 amide bonds. The normalized spacial score (nSPS) is 30.6. The molecule has 3 atom stereocenters. The first-order chi connectivity index (χ1) is 17.2. The van der Waals surface area contributed by atoms with Crippen LogP contribution < -0.4 is 10.2 Å². The van der Waals surface area contributed by atoms with Crippen LogP contribution in [0.3, 0.4) is 0 Å². The Labute approximate surface area is 211 Å². The van der Waals surface area contributed by atoms with Gasteiger partial charge in [-0.3, -0.25) is 4.90 Å². The largest absolute Gasteiger partial charge is 0.385 e. The third kappa shape index (κ3) is 4.94. The van der Waals surface area contributed by atoms with E-state index < -0.39 is 0 Å². The number of aromatic nitrogens is 1. The van der Waals surface area contributed by atoms with Crippen LogP contribution in [-0.2, 0) is 0 Å². The van der Waals surface area contributed by atoms with Crippen molar-refractivity contribution in [3.8, 4) is 0 Å². The topological polar surface area (TPSA) is 55.3 Å². The molecule has 3 aliphatic carbocycles. The Morgan fingerprint density at radius 3 is 2.69 bits per heavy atom. The fraction of sp³-hybridized carbons (Fsp3) is 0.667. The maximum atomic E-state index is 9.48. The SMILES string of the molecule is CCCN1CCC(NC2CCC3CC3CC2)=C(C(=N)C2CC=Cc3cc(N4CCCC4)ncc32)C1. The molecule has 0 radical (unpaired) electrons. The molecule has 0 spiro atoms. The number of allylic oxidation sites excluding steroid dienone is 1. The number of fused-ring (bicyclic) bond motifs is 2. The van der Waals surface area contributed by atoms with Gasteiger partial charge in [-0.15, -0.1) is 0 Å². The molecule has 3 unspecified atom stereocenters. The van der Waals surface area contributed by atoms with Crippen LogP contribution in [0.1, 0.15) is 88.2 Å². The van der Waals surface area contributed by atoms with Crippen LogP contribution in [0.15, 0.2) is 29.6 Å². The van der Waals surface area contributed by atoms with E-state index in [0.717, 1.165) is 68.9 Å². The second kappa shape index (κ2) is 10.1. The average molecular weight is 474 g/mol. The first-order valence-electron chi connectivity index (χ1n) is 14.4. The summed E-state index contributed by atoms with van der Waals surface area (Å²) in [5.41, 5.74) is 5.98. The summed E-state index contributed by atoms with van der Waals surface area (Å²) in [7, 11) is 0. The molecule has 2 aliphatic heterocycles. The summed E-state index contributed by atoms with van der Waals surface area (Å²) < 4.78 is 0. The maximum absolute atomic E-state index is 9.48. The zero-order chi connectivity index (χ0) is 23.8. The smallest absolute Gasteiger partial charge is 0.129 e. The second-order valence-corrected chi connectivity index (χ2v) is 11.7. The summed E-state index contributed by atoms with van der Waals surface area (Å²) in [6, 6.07) is 2.87. The lowest BCUT2D eigenvalue weighted by molar-refractivity contribution is 0.282. The second-order valence-electron chi connectivity index (χ2n) is 11.7. The molecule has 3 fully saturated rings. The van der Waals surface area contributed by atoms with Crippen LogP contribution in [0.4, 0.5) is 5.82 Å². The third-order valence-electron chi connectivity index (χ3n) is 9.29. The summed E-state index contributed by atoms with van der Waals surface area (Å²) in [6.07, 6.45) is 19.2. The van der Waals surface area contributed by atoms with Gasteiger partial charge in [0.1, 0.15) is 5.82 Å². The van der Waals surface area contributed by atoms with E-state index in [1.807, 2.05) is 0 Å². The first-order valence-corrected chi connectivity index (χ1v) is 14.4. The van der Waals surface area contributed by atoms with Crippen LogP contribution >= 0.6 is 0 Å². The van der Waals surface area contributed by atoms with Gasteiger partial charge in [-0.1, -0.05) is 19.1 Å². The number of hydrogen-bond acceptors (Lipinski definition) is 5. The van der Waals surface area contributed by atoms with Gasteiger partial charge in [0.25, 0.3) is 0 Å². The van der Waals surface area contributed by atoms with Gasteiger partial charge in [0.2, 0.25) is 0 Å². The van der Waals surface area contributed by atoms with Gasteiger partial charge in [-0.25, -0.2) is 4.98 Å². The van der Waals surface area contributed by atoms with Crippen molar-refractivity contribution in [2.24, 2.45) is 11.8 Å². The first kappa shape index (κ1) is 23.3. The lowest BCUT2D eigenvalue weighted by Gasteiger charge is -2.35. The van der Waals surface area contributed by atoms with Crippen molar-refractivity contribution >= 4 is 17.6 Å². The highest BCUT2D eigenvalue weighted by Crippen LogP contribution is 2.48. The highest BCUT2D eigenvalue weighted by molar-refractivity contribution is 6.04. The molecule has 6 rings (SSSR count). The fourth-order valence-electron chi connectivity index (χ4n) is 7.08. The minimum absolute atomic E-state index is 0.116. The molecule has 5 nitrogen and oxygen atoms in total. The van der Waals surface area contributed by atoms with E-state index in [-0.39, 0.29) is 5.92 Å². The minimum atomic E-state index is 0.116. The number of rotatable bonds is 7. The van der Waals surface area contributed by atoms with E-state index >= 15 is 0 Å². The van der Waals surface area contributed by atoms with Gasteiger partial charge >= 0.3 is 0 Å². The summed E-state index contributed by atoms with van der Waals surface area (Å²) in [5, 5.41) is 13.5. The molecule has 2 saturated carbocycles. The van der Waals surface area contributed by atoms with E-state index in [2.05, 4.69) is 46.5 Å². The number of nitrogens with zero attached hydrogens (tertiary/aromatic N) is 3. The monoisotopic (exact) mass is 473 g/mol. The van der Waals surface area contributed by atoms with Gasteiger partial charge in [0.15, 0.2) is 0 Å².